The first-order valence-electron chi connectivity index (χ1n) is 6.63. The first-order valence-corrected chi connectivity index (χ1v) is 7.01. The molecule has 0 saturated carbocycles. The number of piperidine rings is 1. The zero-order valence-electron chi connectivity index (χ0n) is 10.9. The van der Waals surface area contributed by atoms with Crippen molar-refractivity contribution >= 4 is 28.3 Å². The Morgan fingerprint density at radius 1 is 1.26 bits per heavy atom. The third-order valence-electron chi connectivity index (χ3n) is 3.75. The van der Waals surface area contributed by atoms with E-state index in [4.69, 9.17) is 16.6 Å². The van der Waals surface area contributed by atoms with Crippen LogP contribution in [0.1, 0.15) is 18.4 Å². The third-order valence-corrected chi connectivity index (χ3v) is 3.99. The minimum Gasteiger partial charge on any atom is -0.393 e. The fraction of sp³-hybridized carbons (Fsp3) is 0.400. The van der Waals surface area contributed by atoms with E-state index in [9.17, 15) is 5.11 Å². The van der Waals surface area contributed by atoms with Crippen LogP contribution in [0.2, 0.25) is 5.02 Å². The number of halogens is 1. The van der Waals surface area contributed by atoms with Gasteiger partial charge in [-0.3, -0.25) is 0 Å². The van der Waals surface area contributed by atoms with E-state index < -0.39 is 0 Å². The van der Waals surface area contributed by atoms with E-state index in [0.717, 1.165) is 42.7 Å². The van der Waals surface area contributed by atoms with E-state index in [1.807, 2.05) is 18.2 Å². The number of aryl methyl sites for hydroxylation is 1. The van der Waals surface area contributed by atoms with Crippen molar-refractivity contribution in [3.8, 4) is 0 Å². The average molecular weight is 277 g/mol. The summed E-state index contributed by atoms with van der Waals surface area (Å²) in [5.74, 6) is 0.985. The van der Waals surface area contributed by atoms with Crippen LogP contribution in [0.5, 0.6) is 0 Å². The molecule has 3 rings (SSSR count). The summed E-state index contributed by atoms with van der Waals surface area (Å²) in [6.07, 6.45) is 1.47. The quantitative estimate of drug-likeness (QED) is 0.869. The number of pyridine rings is 1. The van der Waals surface area contributed by atoms with E-state index in [0.29, 0.717) is 5.02 Å². The van der Waals surface area contributed by atoms with Crippen LogP contribution < -0.4 is 4.90 Å². The summed E-state index contributed by atoms with van der Waals surface area (Å²) in [6.45, 7) is 3.82. The van der Waals surface area contributed by atoms with Crippen LogP contribution in [-0.4, -0.2) is 29.3 Å². The molecule has 1 aliphatic heterocycles. The first-order chi connectivity index (χ1) is 9.13. The van der Waals surface area contributed by atoms with Gasteiger partial charge in [0.05, 0.1) is 11.6 Å². The Labute approximate surface area is 117 Å². The van der Waals surface area contributed by atoms with Crippen molar-refractivity contribution in [1.82, 2.24) is 4.98 Å². The molecule has 100 valence electrons. The highest BCUT2D eigenvalue weighted by molar-refractivity contribution is 6.31. The minimum absolute atomic E-state index is 0.160. The van der Waals surface area contributed by atoms with Gasteiger partial charge in [0, 0.05) is 23.5 Å². The Balaban J connectivity index is 2.00. The standard InChI is InChI=1S/C15H17ClN2O/c1-10-8-15(18-6-4-12(19)5-7-18)17-14-9-11(16)2-3-13(10)14/h2-3,8-9,12,19H,4-7H2,1H3. The zero-order chi connectivity index (χ0) is 13.4. The number of nitrogens with zero attached hydrogens (tertiary/aromatic N) is 2. The lowest BCUT2D eigenvalue weighted by Gasteiger charge is -2.30. The highest BCUT2D eigenvalue weighted by atomic mass is 35.5. The molecule has 1 saturated heterocycles. The Hall–Kier alpha value is -1.32. The minimum atomic E-state index is -0.160. The Morgan fingerprint density at radius 2 is 2.00 bits per heavy atom. The number of aromatic nitrogens is 1. The SMILES string of the molecule is Cc1cc(N2CCC(O)CC2)nc2cc(Cl)ccc12. The van der Waals surface area contributed by atoms with Gasteiger partial charge in [-0.1, -0.05) is 17.7 Å². The summed E-state index contributed by atoms with van der Waals surface area (Å²) >= 11 is 6.04. The van der Waals surface area contributed by atoms with Crippen LogP contribution in [0.25, 0.3) is 10.9 Å². The molecule has 1 fully saturated rings. The van der Waals surface area contributed by atoms with E-state index in [1.54, 1.807) is 0 Å². The topological polar surface area (TPSA) is 36.4 Å². The molecule has 2 heterocycles. The molecular formula is C15H17ClN2O. The predicted molar refractivity (Wildman–Crippen MR) is 78.9 cm³/mol. The van der Waals surface area contributed by atoms with E-state index in [-0.39, 0.29) is 6.10 Å². The van der Waals surface area contributed by atoms with Crippen LogP contribution in [0.15, 0.2) is 24.3 Å². The fourth-order valence-electron chi connectivity index (χ4n) is 2.61. The van der Waals surface area contributed by atoms with Gasteiger partial charge in [0.25, 0.3) is 0 Å². The molecule has 0 aliphatic carbocycles. The van der Waals surface area contributed by atoms with Crippen LogP contribution in [0.3, 0.4) is 0 Å². The highest BCUT2D eigenvalue weighted by Gasteiger charge is 2.18. The van der Waals surface area contributed by atoms with Crippen LogP contribution in [-0.2, 0) is 0 Å². The molecule has 1 aromatic heterocycles. The molecule has 1 aromatic carbocycles. The van der Waals surface area contributed by atoms with Crippen molar-refractivity contribution < 1.29 is 5.11 Å². The number of rotatable bonds is 1. The van der Waals surface area contributed by atoms with E-state index in [1.165, 1.54) is 5.56 Å². The molecule has 0 amide bonds. The van der Waals surface area contributed by atoms with Gasteiger partial charge >= 0.3 is 0 Å². The molecule has 1 N–H and O–H groups in total. The van der Waals surface area contributed by atoms with E-state index in [2.05, 4.69) is 17.9 Å². The molecule has 19 heavy (non-hydrogen) atoms. The monoisotopic (exact) mass is 276 g/mol. The Kier molecular flexibility index (Phi) is 3.33. The van der Waals surface area contributed by atoms with Gasteiger partial charge in [-0.25, -0.2) is 4.98 Å². The number of benzene rings is 1. The number of aliphatic hydroxyl groups is 1. The highest BCUT2D eigenvalue weighted by Crippen LogP contribution is 2.26. The number of anilines is 1. The molecule has 0 bridgehead atoms. The first kappa shape index (κ1) is 12.7. The molecule has 0 spiro atoms. The maximum atomic E-state index is 9.57. The second kappa shape index (κ2) is 4.99. The van der Waals surface area contributed by atoms with Crippen molar-refractivity contribution in [2.75, 3.05) is 18.0 Å². The molecule has 2 aromatic rings. The molecule has 0 unspecified atom stereocenters. The number of hydrogen-bond acceptors (Lipinski definition) is 3. The lowest BCUT2D eigenvalue weighted by atomic mass is 10.1. The van der Waals surface area contributed by atoms with Gasteiger partial charge in [-0.15, -0.1) is 0 Å². The lowest BCUT2D eigenvalue weighted by molar-refractivity contribution is 0.145. The van der Waals surface area contributed by atoms with Crippen LogP contribution >= 0.6 is 11.6 Å². The molecule has 4 heteroatoms. The van der Waals surface area contributed by atoms with Gasteiger partial charge in [0.1, 0.15) is 5.82 Å². The molecule has 1 aliphatic rings. The molecule has 3 nitrogen and oxygen atoms in total. The van der Waals surface area contributed by atoms with Gasteiger partial charge < -0.3 is 10.0 Å². The summed E-state index contributed by atoms with van der Waals surface area (Å²) in [7, 11) is 0. The summed E-state index contributed by atoms with van der Waals surface area (Å²) in [6, 6.07) is 7.94. The Morgan fingerprint density at radius 3 is 2.74 bits per heavy atom. The molecule has 0 atom stereocenters. The number of hydrogen-bond donors (Lipinski definition) is 1. The largest absolute Gasteiger partial charge is 0.393 e. The molecular weight excluding hydrogens is 260 g/mol. The van der Waals surface area contributed by atoms with Crippen molar-refractivity contribution in [2.45, 2.75) is 25.9 Å². The third kappa shape index (κ3) is 2.53. The van der Waals surface area contributed by atoms with Gasteiger partial charge in [0.15, 0.2) is 0 Å². The second-order valence-corrected chi connectivity index (χ2v) is 5.61. The summed E-state index contributed by atoms with van der Waals surface area (Å²) < 4.78 is 0. The average Bonchev–Trinajstić information content (AvgIpc) is 2.38. The maximum Gasteiger partial charge on any atom is 0.129 e. The number of aliphatic hydroxyl groups excluding tert-OH is 1. The fourth-order valence-corrected chi connectivity index (χ4v) is 2.78. The number of fused-ring (bicyclic) bond motifs is 1. The maximum absolute atomic E-state index is 9.57. The van der Waals surface area contributed by atoms with E-state index >= 15 is 0 Å². The van der Waals surface area contributed by atoms with Gasteiger partial charge in [-0.05, 0) is 43.5 Å². The van der Waals surface area contributed by atoms with Crippen LogP contribution in [0, 0.1) is 6.92 Å². The molecule has 0 radical (unpaired) electrons. The van der Waals surface area contributed by atoms with Crippen molar-refractivity contribution in [1.29, 1.82) is 0 Å². The van der Waals surface area contributed by atoms with Gasteiger partial charge in [-0.2, -0.15) is 0 Å². The summed E-state index contributed by atoms with van der Waals surface area (Å²) in [4.78, 5) is 6.94. The second-order valence-electron chi connectivity index (χ2n) is 5.18. The normalized spacial score (nSPS) is 17.1. The summed E-state index contributed by atoms with van der Waals surface area (Å²) in [5.41, 5.74) is 2.15. The van der Waals surface area contributed by atoms with Gasteiger partial charge in [0.2, 0.25) is 0 Å². The summed E-state index contributed by atoms with van der Waals surface area (Å²) in [5, 5.41) is 11.4. The van der Waals surface area contributed by atoms with Crippen molar-refractivity contribution in [3.63, 3.8) is 0 Å². The van der Waals surface area contributed by atoms with Crippen LogP contribution in [0.4, 0.5) is 5.82 Å². The zero-order valence-corrected chi connectivity index (χ0v) is 11.7. The smallest absolute Gasteiger partial charge is 0.129 e. The predicted octanol–water partition coefficient (Wildman–Crippen LogP) is 3.16. The Bertz CT molecular complexity index is 606. The lowest BCUT2D eigenvalue weighted by Crippen LogP contribution is -2.36. The van der Waals surface area contributed by atoms with Crippen molar-refractivity contribution in [2.24, 2.45) is 0 Å². The van der Waals surface area contributed by atoms with Crippen molar-refractivity contribution in [3.05, 3.63) is 34.9 Å².